The van der Waals surface area contributed by atoms with Crippen molar-refractivity contribution in [1.29, 1.82) is 0 Å². The Bertz CT molecular complexity index is 1180. The number of hydrogen-bond acceptors (Lipinski definition) is 5. The first kappa shape index (κ1) is 22.8. The summed E-state index contributed by atoms with van der Waals surface area (Å²) in [5.74, 6) is 0.370. The molecule has 0 unspecified atom stereocenters. The van der Waals surface area contributed by atoms with E-state index in [-0.39, 0.29) is 5.02 Å². The van der Waals surface area contributed by atoms with Crippen LogP contribution < -0.4 is 4.90 Å². The molecule has 0 spiro atoms. The van der Waals surface area contributed by atoms with Gasteiger partial charge in [0.2, 0.25) is 4.77 Å². The van der Waals surface area contributed by atoms with E-state index < -0.39 is 11.7 Å². The number of anilines is 1. The number of rotatable bonds is 4. The van der Waals surface area contributed by atoms with Crippen LogP contribution in [0, 0.1) is 18.6 Å². The number of aryl methyl sites for hydroxylation is 2. The summed E-state index contributed by atoms with van der Waals surface area (Å²) in [6.07, 6.45) is -1.91. The van der Waals surface area contributed by atoms with E-state index in [1.54, 1.807) is 11.0 Å². The zero-order chi connectivity index (χ0) is 23.0. The van der Waals surface area contributed by atoms with Crippen LogP contribution in [0.1, 0.15) is 16.7 Å². The summed E-state index contributed by atoms with van der Waals surface area (Å²) in [5, 5.41) is 4.46. The summed E-state index contributed by atoms with van der Waals surface area (Å²) in [6.45, 7) is 7.15. The molecule has 1 aliphatic rings. The van der Waals surface area contributed by atoms with Gasteiger partial charge in [-0.2, -0.15) is 18.3 Å². The van der Waals surface area contributed by atoms with Crippen LogP contribution in [-0.4, -0.2) is 50.4 Å². The minimum absolute atomic E-state index is 0.00250. The van der Waals surface area contributed by atoms with Crippen molar-refractivity contribution in [3.05, 3.63) is 63.3 Å². The highest BCUT2D eigenvalue weighted by Gasteiger charge is 2.32. The maximum atomic E-state index is 12.8. The third-order valence-electron chi connectivity index (χ3n) is 5.50. The van der Waals surface area contributed by atoms with Gasteiger partial charge in [-0.15, -0.1) is 0 Å². The van der Waals surface area contributed by atoms with Crippen LogP contribution in [-0.2, 0) is 12.8 Å². The number of aromatic nitrogens is 4. The van der Waals surface area contributed by atoms with E-state index in [2.05, 4.69) is 21.0 Å². The lowest BCUT2D eigenvalue weighted by molar-refractivity contribution is -0.137. The number of alkyl halides is 3. The highest BCUT2D eigenvalue weighted by Crippen LogP contribution is 2.33. The van der Waals surface area contributed by atoms with Gasteiger partial charge in [0, 0.05) is 32.4 Å². The molecular weight excluding hydrogens is 461 g/mol. The van der Waals surface area contributed by atoms with E-state index in [0.717, 1.165) is 23.5 Å². The molecule has 1 aliphatic heterocycles. The molecule has 11 heteroatoms. The molecule has 0 saturated carbocycles. The van der Waals surface area contributed by atoms with Gasteiger partial charge in [0.25, 0.3) is 0 Å². The van der Waals surface area contributed by atoms with Gasteiger partial charge < -0.3 is 4.90 Å². The SMILES string of the molecule is Cc1ccc(-n2cnn(CN3CCN(c4ncc(C(F)(F)F)cc4Cl)CC3)c2=S)c(C)c1. The summed E-state index contributed by atoms with van der Waals surface area (Å²) < 4.78 is 42.8. The van der Waals surface area contributed by atoms with Crippen LogP contribution in [0.3, 0.4) is 0 Å². The van der Waals surface area contributed by atoms with Crippen molar-refractivity contribution in [2.75, 3.05) is 31.1 Å². The molecule has 0 radical (unpaired) electrons. The van der Waals surface area contributed by atoms with E-state index in [1.807, 2.05) is 35.4 Å². The zero-order valence-electron chi connectivity index (χ0n) is 17.6. The molecule has 4 rings (SSSR count). The molecular formula is C21H22ClF3N6S. The van der Waals surface area contributed by atoms with Crippen molar-refractivity contribution in [2.45, 2.75) is 26.7 Å². The van der Waals surface area contributed by atoms with Crippen LogP contribution in [0.4, 0.5) is 19.0 Å². The Morgan fingerprint density at radius 3 is 2.44 bits per heavy atom. The van der Waals surface area contributed by atoms with Gasteiger partial charge in [-0.05, 0) is 43.8 Å². The van der Waals surface area contributed by atoms with Gasteiger partial charge in [-0.25, -0.2) is 9.67 Å². The minimum Gasteiger partial charge on any atom is -0.353 e. The lowest BCUT2D eigenvalue weighted by Crippen LogP contribution is -2.47. The number of nitrogens with zero attached hydrogens (tertiary/aromatic N) is 6. The fraction of sp³-hybridized carbons (Fsp3) is 0.381. The Morgan fingerprint density at radius 2 is 1.81 bits per heavy atom. The van der Waals surface area contributed by atoms with Crippen LogP contribution in [0.25, 0.3) is 5.69 Å². The average molecular weight is 483 g/mol. The Morgan fingerprint density at radius 1 is 1.09 bits per heavy atom. The molecule has 0 bridgehead atoms. The average Bonchev–Trinajstić information content (AvgIpc) is 3.08. The molecule has 1 saturated heterocycles. The van der Waals surface area contributed by atoms with Crippen molar-refractivity contribution in [3.8, 4) is 5.69 Å². The van der Waals surface area contributed by atoms with E-state index in [4.69, 9.17) is 23.8 Å². The number of benzene rings is 1. The molecule has 1 aromatic carbocycles. The Labute approximate surface area is 193 Å². The number of pyridine rings is 1. The summed E-state index contributed by atoms with van der Waals surface area (Å²) in [5.41, 5.74) is 2.46. The van der Waals surface area contributed by atoms with Crippen molar-refractivity contribution in [2.24, 2.45) is 0 Å². The lowest BCUT2D eigenvalue weighted by Gasteiger charge is -2.35. The fourth-order valence-electron chi connectivity index (χ4n) is 3.78. The third kappa shape index (κ3) is 4.67. The molecule has 170 valence electrons. The first-order valence-corrected chi connectivity index (χ1v) is 10.8. The number of piperazine rings is 1. The van der Waals surface area contributed by atoms with Gasteiger partial charge in [0.05, 0.1) is 22.9 Å². The zero-order valence-corrected chi connectivity index (χ0v) is 19.2. The predicted octanol–water partition coefficient (Wildman–Crippen LogP) is 4.87. The van der Waals surface area contributed by atoms with Crippen LogP contribution in [0.5, 0.6) is 0 Å². The van der Waals surface area contributed by atoms with Gasteiger partial charge in [-0.3, -0.25) is 9.47 Å². The Balaban J connectivity index is 1.42. The Hall–Kier alpha value is -2.43. The van der Waals surface area contributed by atoms with E-state index in [9.17, 15) is 13.2 Å². The highest BCUT2D eigenvalue weighted by atomic mass is 35.5. The van der Waals surface area contributed by atoms with Crippen LogP contribution in [0.2, 0.25) is 5.02 Å². The minimum atomic E-state index is -4.46. The monoisotopic (exact) mass is 482 g/mol. The van der Waals surface area contributed by atoms with E-state index in [1.165, 1.54) is 5.56 Å². The largest absolute Gasteiger partial charge is 0.417 e. The second-order valence-corrected chi connectivity index (χ2v) is 8.62. The second-order valence-electron chi connectivity index (χ2n) is 7.85. The number of halogens is 4. The molecule has 1 fully saturated rings. The molecule has 0 N–H and O–H groups in total. The topological polar surface area (TPSA) is 42.1 Å². The van der Waals surface area contributed by atoms with Crippen molar-refractivity contribution >= 4 is 29.6 Å². The fourth-order valence-corrected chi connectivity index (χ4v) is 4.32. The molecule has 32 heavy (non-hydrogen) atoms. The summed E-state index contributed by atoms with van der Waals surface area (Å²) in [7, 11) is 0. The molecule has 6 nitrogen and oxygen atoms in total. The first-order valence-electron chi connectivity index (χ1n) is 10.1. The summed E-state index contributed by atoms with van der Waals surface area (Å²) in [6, 6.07) is 7.11. The van der Waals surface area contributed by atoms with Crippen LogP contribution >= 0.6 is 23.8 Å². The van der Waals surface area contributed by atoms with Crippen molar-refractivity contribution in [3.63, 3.8) is 0 Å². The van der Waals surface area contributed by atoms with E-state index >= 15 is 0 Å². The third-order valence-corrected chi connectivity index (χ3v) is 6.19. The van der Waals surface area contributed by atoms with Crippen LogP contribution in [0.15, 0.2) is 36.8 Å². The predicted molar refractivity (Wildman–Crippen MR) is 120 cm³/mol. The van der Waals surface area contributed by atoms with Gasteiger partial charge >= 0.3 is 6.18 Å². The molecule has 0 atom stereocenters. The van der Waals surface area contributed by atoms with Crippen molar-refractivity contribution < 1.29 is 13.2 Å². The van der Waals surface area contributed by atoms with Gasteiger partial charge in [-0.1, -0.05) is 29.3 Å². The number of hydrogen-bond donors (Lipinski definition) is 0. The summed E-state index contributed by atoms with van der Waals surface area (Å²) in [4.78, 5) is 8.04. The normalized spacial score (nSPS) is 15.4. The molecule has 2 aromatic heterocycles. The molecule has 0 amide bonds. The van der Waals surface area contributed by atoms with Crippen molar-refractivity contribution in [1.82, 2.24) is 24.2 Å². The second kappa shape index (κ2) is 8.84. The highest BCUT2D eigenvalue weighted by molar-refractivity contribution is 7.71. The Kier molecular flexibility index (Phi) is 6.28. The smallest absolute Gasteiger partial charge is 0.353 e. The van der Waals surface area contributed by atoms with Gasteiger partial charge in [0.15, 0.2) is 0 Å². The maximum absolute atomic E-state index is 12.8. The molecule has 3 aromatic rings. The molecule has 3 heterocycles. The molecule has 0 aliphatic carbocycles. The maximum Gasteiger partial charge on any atom is 0.417 e. The van der Waals surface area contributed by atoms with Gasteiger partial charge in [0.1, 0.15) is 12.1 Å². The standard InChI is InChI=1S/C21H22ClF3N6S/c1-14-3-4-18(15(2)9-14)30-12-27-31(20(30)32)13-28-5-7-29(8-6-28)19-17(22)10-16(11-26-19)21(23,24)25/h3-4,9-12H,5-8,13H2,1-2H3. The lowest BCUT2D eigenvalue weighted by atomic mass is 10.1. The summed E-state index contributed by atoms with van der Waals surface area (Å²) >= 11 is 11.7. The van der Waals surface area contributed by atoms with E-state index in [0.29, 0.717) is 43.4 Å². The first-order chi connectivity index (χ1) is 15.1. The quantitative estimate of drug-likeness (QED) is 0.496.